The standard InChI is InChI=1S/C16H30ClN3/c1-5-7-9-11-13-16(3,12-10-8-6-2)14-15(17)19-20(4)18-14/h5-13H2,1-4H3. The van der Waals surface area contributed by atoms with Crippen molar-refractivity contribution in [3.8, 4) is 0 Å². The zero-order chi connectivity index (χ0) is 15.0. The van der Waals surface area contributed by atoms with E-state index in [4.69, 9.17) is 11.6 Å². The van der Waals surface area contributed by atoms with Crippen LogP contribution in [0.15, 0.2) is 0 Å². The van der Waals surface area contributed by atoms with Crippen molar-refractivity contribution in [1.29, 1.82) is 0 Å². The predicted octanol–water partition coefficient (Wildman–Crippen LogP) is 5.28. The lowest BCUT2D eigenvalue weighted by Gasteiger charge is -2.28. The van der Waals surface area contributed by atoms with E-state index in [0.717, 1.165) is 18.5 Å². The van der Waals surface area contributed by atoms with E-state index in [-0.39, 0.29) is 5.41 Å². The van der Waals surface area contributed by atoms with E-state index in [0.29, 0.717) is 5.15 Å². The van der Waals surface area contributed by atoms with Crippen molar-refractivity contribution in [2.75, 3.05) is 0 Å². The molecule has 1 rings (SSSR count). The molecule has 3 nitrogen and oxygen atoms in total. The van der Waals surface area contributed by atoms with Crippen LogP contribution in [0.4, 0.5) is 0 Å². The zero-order valence-corrected chi connectivity index (χ0v) is 14.3. The first kappa shape index (κ1) is 17.5. The molecule has 1 aromatic heterocycles. The molecule has 0 amide bonds. The van der Waals surface area contributed by atoms with Crippen LogP contribution in [0.2, 0.25) is 5.15 Å². The second-order valence-corrected chi connectivity index (χ2v) is 6.52. The molecule has 0 saturated heterocycles. The summed E-state index contributed by atoms with van der Waals surface area (Å²) < 4.78 is 0. The number of unbranched alkanes of at least 4 members (excludes halogenated alkanes) is 5. The Balaban J connectivity index is 2.74. The maximum Gasteiger partial charge on any atom is 0.175 e. The van der Waals surface area contributed by atoms with Gasteiger partial charge in [-0.15, -0.1) is 5.10 Å². The zero-order valence-electron chi connectivity index (χ0n) is 13.6. The number of hydrogen-bond acceptors (Lipinski definition) is 2. The minimum Gasteiger partial charge on any atom is -0.186 e. The quantitative estimate of drug-likeness (QED) is 0.550. The van der Waals surface area contributed by atoms with Gasteiger partial charge in [0.25, 0.3) is 0 Å². The third kappa shape index (κ3) is 5.08. The maximum atomic E-state index is 6.29. The van der Waals surface area contributed by atoms with Crippen LogP contribution in [0.5, 0.6) is 0 Å². The molecule has 1 aromatic rings. The lowest BCUT2D eigenvalue weighted by atomic mass is 9.77. The van der Waals surface area contributed by atoms with Gasteiger partial charge in [-0.3, -0.25) is 0 Å². The summed E-state index contributed by atoms with van der Waals surface area (Å²) >= 11 is 6.29. The SMILES string of the molecule is CCCCCCC(C)(CCCCC)c1nn(C)nc1Cl. The highest BCUT2D eigenvalue weighted by Gasteiger charge is 2.31. The van der Waals surface area contributed by atoms with Crippen molar-refractivity contribution in [2.24, 2.45) is 7.05 Å². The van der Waals surface area contributed by atoms with Crippen LogP contribution in [0.25, 0.3) is 0 Å². The van der Waals surface area contributed by atoms with Gasteiger partial charge in [-0.05, 0) is 12.8 Å². The van der Waals surface area contributed by atoms with Crippen LogP contribution >= 0.6 is 11.6 Å². The molecule has 116 valence electrons. The minimum absolute atomic E-state index is 0.0776. The van der Waals surface area contributed by atoms with E-state index in [1.807, 2.05) is 7.05 Å². The summed E-state index contributed by atoms with van der Waals surface area (Å²) in [5.41, 5.74) is 1.07. The molecule has 0 bridgehead atoms. The highest BCUT2D eigenvalue weighted by atomic mass is 35.5. The van der Waals surface area contributed by atoms with Gasteiger partial charge in [-0.25, -0.2) is 0 Å². The number of halogens is 1. The molecule has 0 radical (unpaired) electrons. The Hall–Kier alpha value is -0.570. The Bertz CT molecular complexity index is 389. The lowest BCUT2D eigenvalue weighted by Crippen LogP contribution is -2.23. The third-order valence-electron chi connectivity index (χ3n) is 4.16. The minimum atomic E-state index is 0.0776. The Morgan fingerprint density at radius 1 is 0.950 bits per heavy atom. The first-order valence-electron chi connectivity index (χ1n) is 8.10. The topological polar surface area (TPSA) is 30.7 Å². The van der Waals surface area contributed by atoms with Gasteiger partial charge in [0, 0.05) is 12.5 Å². The van der Waals surface area contributed by atoms with Crippen LogP contribution < -0.4 is 0 Å². The second-order valence-electron chi connectivity index (χ2n) is 6.16. The second kappa shape index (κ2) is 8.66. The third-order valence-corrected chi connectivity index (χ3v) is 4.41. The fraction of sp³-hybridized carbons (Fsp3) is 0.875. The molecule has 1 unspecified atom stereocenters. The molecule has 4 heteroatoms. The molecule has 0 aliphatic rings. The van der Waals surface area contributed by atoms with Crippen molar-refractivity contribution < 1.29 is 0 Å². The average Bonchev–Trinajstić information content (AvgIpc) is 2.75. The number of rotatable bonds is 10. The molecule has 0 aromatic carbocycles. The fourth-order valence-electron chi connectivity index (χ4n) is 2.82. The van der Waals surface area contributed by atoms with E-state index < -0.39 is 0 Å². The predicted molar refractivity (Wildman–Crippen MR) is 86.3 cm³/mol. The molecule has 20 heavy (non-hydrogen) atoms. The van der Waals surface area contributed by atoms with Crippen molar-refractivity contribution in [3.05, 3.63) is 10.8 Å². The number of hydrogen-bond donors (Lipinski definition) is 0. The highest BCUT2D eigenvalue weighted by Crippen LogP contribution is 2.37. The van der Waals surface area contributed by atoms with E-state index in [9.17, 15) is 0 Å². The molecule has 0 aliphatic carbocycles. The average molecular weight is 300 g/mol. The smallest absolute Gasteiger partial charge is 0.175 e. The van der Waals surface area contributed by atoms with Gasteiger partial charge >= 0.3 is 0 Å². The van der Waals surface area contributed by atoms with Crippen LogP contribution in [0.1, 0.15) is 84.3 Å². The molecule has 0 N–H and O–H groups in total. The number of aromatic nitrogens is 3. The molecule has 0 fully saturated rings. The molecule has 1 heterocycles. The van der Waals surface area contributed by atoms with Gasteiger partial charge in [0.1, 0.15) is 5.69 Å². The first-order valence-corrected chi connectivity index (χ1v) is 8.48. The Morgan fingerprint density at radius 2 is 1.50 bits per heavy atom. The van der Waals surface area contributed by atoms with Gasteiger partial charge in [0.15, 0.2) is 5.15 Å². The number of aryl methyl sites for hydroxylation is 1. The summed E-state index contributed by atoms with van der Waals surface area (Å²) in [4.78, 5) is 1.60. The van der Waals surface area contributed by atoms with E-state index in [1.165, 1.54) is 44.9 Å². The molecule has 0 saturated carbocycles. The summed E-state index contributed by atoms with van der Waals surface area (Å²) in [6, 6.07) is 0. The fourth-order valence-corrected chi connectivity index (χ4v) is 3.20. The van der Waals surface area contributed by atoms with Crippen LogP contribution in [0.3, 0.4) is 0 Å². The molecule has 0 spiro atoms. The molecular formula is C16H30ClN3. The van der Waals surface area contributed by atoms with Gasteiger partial charge in [-0.2, -0.15) is 9.90 Å². The Kier molecular flexibility index (Phi) is 7.57. The maximum absolute atomic E-state index is 6.29. The van der Waals surface area contributed by atoms with Crippen LogP contribution in [-0.4, -0.2) is 15.0 Å². The van der Waals surface area contributed by atoms with Crippen molar-refractivity contribution in [3.63, 3.8) is 0 Å². The Labute approximate surface area is 129 Å². The van der Waals surface area contributed by atoms with Gasteiger partial charge < -0.3 is 0 Å². The van der Waals surface area contributed by atoms with Crippen molar-refractivity contribution >= 4 is 11.6 Å². The van der Waals surface area contributed by atoms with Crippen LogP contribution in [-0.2, 0) is 12.5 Å². The summed E-state index contributed by atoms with van der Waals surface area (Å²) in [5.74, 6) is 0. The van der Waals surface area contributed by atoms with Gasteiger partial charge in [-0.1, -0.05) is 77.3 Å². The van der Waals surface area contributed by atoms with Gasteiger partial charge in [0.2, 0.25) is 0 Å². The summed E-state index contributed by atoms with van der Waals surface area (Å²) in [5, 5.41) is 9.34. The first-order chi connectivity index (χ1) is 9.53. The molecule has 0 aliphatic heterocycles. The highest BCUT2D eigenvalue weighted by molar-refractivity contribution is 6.30. The molecular weight excluding hydrogens is 270 g/mol. The monoisotopic (exact) mass is 299 g/mol. The van der Waals surface area contributed by atoms with Crippen LogP contribution in [0, 0.1) is 0 Å². The molecule has 1 atom stereocenters. The largest absolute Gasteiger partial charge is 0.186 e. The Morgan fingerprint density at radius 3 is 2.00 bits per heavy atom. The van der Waals surface area contributed by atoms with Crippen molar-refractivity contribution in [2.45, 2.75) is 84.0 Å². The number of nitrogens with zero attached hydrogens (tertiary/aromatic N) is 3. The van der Waals surface area contributed by atoms with Crippen molar-refractivity contribution in [1.82, 2.24) is 15.0 Å². The normalized spacial score (nSPS) is 14.4. The summed E-state index contributed by atoms with van der Waals surface area (Å²) in [7, 11) is 1.85. The van der Waals surface area contributed by atoms with E-state index in [1.54, 1.807) is 4.80 Å². The summed E-state index contributed by atoms with van der Waals surface area (Å²) in [6.45, 7) is 6.80. The van der Waals surface area contributed by atoms with E-state index >= 15 is 0 Å². The summed E-state index contributed by atoms with van der Waals surface area (Å²) in [6.07, 6.45) is 11.2. The lowest BCUT2D eigenvalue weighted by molar-refractivity contribution is 0.354. The van der Waals surface area contributed by atoms with Gasteiger partial charge in [0.05, 0.1) is 0 Å². The van der Waals surface area contributed by atoms with E-state index in [2.05, 4.69) is 31.0 Å².